The minimum atomic E-state index is -4.53. The van der Waals surface area contributed by atoms with Crippen LogP contribution in [0.15, 0.2) is 29.6 Å². The minimum Gasteiger partial charge on any atom is -0.378 e. The number of hydrogen-bond donors (Lipinski definition) is 1. The third kappa shape index (κ3) is 3.30. The van der Waals surface area contributed by atoms with Gasteiger partial charge in [0, 0.05) is 11.4 Å². The van der Waals surface area contributed by atoms with Crippen molar-refractivity contribution < 1.29 is 17.6 Å². The van der Waals surface area contributed by atoms with E-state index >= 15 is 0 Å². The Kier molecular flexibility index (Phi) is 4.32. The van der Waals surface area contributed by atoms with E-state index in [-0.39, 0.29) is 5.69 Å². The van der Waals surface area contributed by atoms with E-state index in [9.17, 15) is 17.6 Å². The van der Waals surface area contributed by atoms with E-state index in [4.69, 9.17) is 0 Å². The fraction of sp³-hybridized carbons (Fsp3) is 0.286. The maximum atomic E-state index is 13.6. The van der Waals surface area contributed by atoms with Gasteiger partial charge in [-0.05, 0) is 41.6 Å². The number of alkyl halides is 3. The van der Waals surface area contributed by atoms with E-state index in [2.05, 4.69) is 5.32 Å². The number of benzene rings is 1. The smallest absolute Gasteiger partial charge is 0.378 e. The van der Waals surface area contributed by atoms with Gasteiger partial charge in [0.05, 0.1) is 11.3 Å². The number of halogens is 4. The molecular formula is C14H13F4NS. The Morgan fingerprint density at radius 2 is 1.95 bits per heavy atom. The molecule has 0 aliphatic heterocycles. The molecule has 0 amide bonds. The second-order valence-electron chi connectivity index (χ2n) is 4.27. The molecule has 108 valence electrons. The standard InChI is InChI=1S/C14H13F4NS/c1-2-9-5-6-20-13(9)8-19-12-4-3-10(7-11(12)15)14(16,17)18/h3-7,19H,2,8H2,1H3. The van der Waals surface area contributed by atoms with Crippen LogP contribution in [0.4, 0.5) is 23.2 Å². The lowest BCUT2D eigenvalue weighted by atomic mass is 10.1. The quantitative estimate of drug-likeness (QED) is 0.777. The van der Waals surface area contributed by atoms with Gasteiger partial charge in [-0.3, -0.25) is 0 Å². The molecule has 20 heavy (non-hydrogen) atoms. The monoisotopic (exact) mass is 303 g/mol. The lowest BCUT2D eigenvalue weighted by molar-refractivity contribution is -0.137. The van der Waals surface area contributed by atoms with E-state index in [1.165, 1.54) is 0 Å². The molecular weight excluding hydrogens is 290 g/mol. The first-order chi connectivity index (χ1) is 9.41. The SMILES string of the molecule is CCc1ccsc1CNc1ccc(C(F)(F)F)cc1F. The summed E-state index contributed by atoms with van der Waals surface area (Å²) in [6, 6.07) is 4.50. The lowest BCUT2D eigenvalue weighted by Crippen LogP contribution is -2.07. The number of anilines is 1. The van der Waals surface area contributed by atoms with Gasteiger partial charge in [0.1, 0.15) is 5.82 Å². The van der Waals surface area contributed by atoms with Crippen molar-refractivity contribution in [3.05, 3.63) is 51.5 Å². The summed E-state index contributed by atoms with van der Waals surface area (Å²) in [6.45, 7) is 2.42. The number of hydrogen-bond acceptors (Lipinski definition) is 2. The summed E-state index contributed by atoms with van der Waals surface area (Å²) in [5.74, 6) is -0.894. The summed E-state index contributed by atoms with van der Waals surface area (Å²) in [5, 5.41) is 4.78. The summed E-state index contributed by atoms with van der Waals surface area (Å²) in [5.41, 5.74) is 0.259. The molecule has 0 radical (unpaired) electrons. The third-order valence-corrected chi connectivity index (χ3v) is 3.92. The van der Waals surface area contributed by atoms with E-state index in [0.29, 0.717) is 12.6 Å². The fourth-order valence-electron chi connectivity index (χ4n) is 1.85. The van der Waals surface area contributed by atoms with Crippen LogP contribution < -0.4 is 5.32 Å². The lowest BCUT2D eigenvalue weighted by Gasteiger charge is -2.11. The number of thiophene rings is 1. The average Bonchev–Trinajstić information content (AvgIpc) is 2.83. The summed E-state index contributed by atoms with van der Waals surface area (Å²) in [6.07, 6.45) is -3.65. The molecule has 0 aliphatic rings. The Labute approximate surface area is 118 Å². The normalized spacial score (nSPS) is 11.7. The highest BCUT2D eigenvalue weighted by Gasteiger charge is 2.31. The Hall–Kier alpha value is -1.56. The van der Waals surface area contributed by atoms with Crippen molar-refractivity contribution in [2.24, 2.45) is 0 Å². The van der Waals surface area contributed by atoms with Crippen molar-refractivity contribution in [2.75, 3.05) is 5.32 Å². The van der Waals surface area contributed by atoms with Crippen molar-refractivity contribution in [2.45, 2.75) is 26.1 Å². The zero-order chi connectivity index (χ0) is 14.8. The Morgan fingerprint density at radius 3 is 2.55 bits per heavy atom. The zero-order valence-corrected chi connectivity index (χ0v) is 11.5. The van der Waals surface area contributed by atoms with Crippen LogP contribution in [0.5, 0.6) is 0 Å². The Morgan fingerprint density at radius 1 is 1.20 bits per heavy atom. The molecule has 0 atom stereocenters. The van der Waals surface area contributed by atoms with E-state index in [1.54, 1.807) is 11.3 Å². The molecule has 1 aromatic heterocycles. The number of aryl methyl sites for hydroxylation is 1. The molecule has 0 aliphatic carbocycles. The molecule has 6 heteroatoms. The first-order valence-electron chi connectivity index (χ1n) is 6.07. The minimum absolute atomic E-state index is 0.0773. The number of rotatable bonds is 4. The predicted molar refractivity (Wildman–Crippen MR) is 72.4 cm³/mol. The molecule has 2 rings (SSSR count). The molecule has 1 aromatic carbocycles. The molecule has 0 saturated carbocycles. The fourth-order valence-corrected chi connectivity index (χ4v) is 2.76. The van der Waals surface area contributed by atoms with Crippen LogP contribution in [-0.4, -0.2) is 0 Å². The summed E-state index contributed by atoms with van der Waals surface area (Å²) >= 11 is 1.54. The molecule has 0 saturated heterocycles. The van der Waals surface area contributed by atoms with Gasteiger partial charge in [-0.2, -0.15) is 13.2 Å². The molecule has 0 spiro atoms. The highest BCUT2D eigenvalue weighted by Crippen LogP contribution is 2.31. The molecule has 2 aromatic rings. The molecule has 1 heterocycles. The Balaban J connectivity index is 2.11. The summed E-state index contributed by atoms with van der Waals surface area (Å²) in [7, 11) is 0. The predicted octanol–water partition coefficient (Wildman–Crippen LogP) is 5.08. The van der Waals surface area contributed by atoms with Crippen LogP contribution in [0.3, 0.4) is 0 Å². The average molecular weight is 303 g/mol. The molecule has 0 bridgehead atoms. The maximum Gasteiger partial charge on any atom is 0.416 e. The molecule has 0 fully saturated rings. The second kappa shape index (κ2) is 5.83. The van der Waals surface area contributed by atoms with Gasteiger partial charge < -0.3 is 5.32 Å². The van der Waals surface area contributed by atoms with Gasteiger partial charge in [0.15, 0.2) is 0 Å². The van der Waals surface area contributed by atoms with Gasteiger partial charge >= 0.3 is 6.18 Å². The molecule has 1 N–H and O–H groups in total. The molecule has 1 nitrogen and oxygen atoms in total. The van der Waals surface area contributed by atoms with Crippen molar-refractivity contribution in [1.82, 2.24) is 0 Å². The van der Waals surface area contributed by atoms with Gasteiger partial charge in [-0.15, -0.1) is 11.3 Å². The van der Waals surface area contributed by atoms with Crippen molar-refractivity contribution in [3.8, 4) is 0 Å². The van der Waals surface area contributed by atoms with E-state index in [0.717, 1.165) is 29.0 Å². The van der Waals surface area contributed by atoms with Crippen LogP contribution in [0, 0.1) is 5.82 Å². The molecule has 0 unspecified atom stereocenters. The van der Waals surface area contributed by atoms with Gasteiger partial charge in [0.2, 0.25) is 0 Å². The third-order valence-electron chi connectivity index (χ3n) is 2.95. The summed E-state index contributed by atoms with van der Waals surface area (Å²) < 4.78 is 50.9. The highest BCUT2D eigenvalue weighted by atomic mass is 32.1. The van der Waals surface area contributed by atoms with Crippen LogP contribution >= 0.6 is 11.3 Å². The highest BCUT2D eigenvalue weighted by molar-refractivity contribution is 7.10. The topological polar surface area (TPSA) is 12.0 Å². The van der Waals surface area contributed by atoms with Crippen molar-refractivity contribution >= 4 is 17.0 Å². The van der Waals surface area contributed by atoms with Gasteiger partial charge in [-0.1, -0.05) is 6.92 Å². The zero-order valence-electron chi connectivity index (χ0n) is 10.7. The summed E-state index contributed by atoms with van der Waals surface area (Å²) in [4.78, 5) is 1.06. The van der Waals surface area contributed by atoms with E-state index in [1.807, 2.05) is 18.4 Å². The first-order valence-corrected chi connectivity index (χ1v) is 6.95. The van der Waals surface area contributed by atoms with Crippen LogP contribution in [0.1, 0.15) is 22.9 Å². The van der Waals surface area contributed by atoms with Crippen molar-refractivity contribution in [1.29, 1.82) is 0 Å². The van der Waals surface area contributed by atoms with Gasteiger partial charge in [-0.25, -0.2) is 4.39 Å². The van der Waals surface area contributed by atoms with Crippen molar-refractivity contribution in [3.63, 3.8) is 0 Å². The van der Waals surface area contributed by atoms with Crippen LogP contribution in [0.2, 0.25) is 0 Å². The maximum absolute atomic E-state index is 13.6. The Bertz CT molecular complexity index is 589. The second-order valence-corrected chi connectivity index (χ2v) is 5.27. The largest absolute Gasteiger partial charge is 0.416 e. The van der Waals surface area contributed by atoms with Crippen LogP contribution in [0.25, 0.3) is 0 Å². The first kappa shape index (κ1) is 14.8. The van der Waals surface area contributed by atoms with Gasteiger partial charge in [0.25, 0.3) is 0 Å². The van der Waals surface area contributed by atoms with E-state index < -0.39 is 17.6 Å². The number of nitrogens with one attached hydrogen (secondary N) is 1. The van der Waals surface area contributed by atoms with Crippen LogP contribution in [-0.2, 0) is 19.1 Å².